The Balaban J connectivity index is 1.38. The molecule has 0 aliphatic carbocycles. The van der Waals surface area contributed by atoms with Gasteiger partial charge in [0, 0.05) is 47.6 Å². The summed E-state index contributed by atoms with van der Waals surface area (Å²) in [6.45, 7) is 0. The quantitative estimate of drug-likeness (QED) is 0.200. The number of rotatable bonds is 3. The van der Waals surface area contributed by atoms with Gasteiger partial charge in [-0.2, -0.15) is 0 Å². The second-order valence-electron chi connectivity index (χ2n) is 10.8. The number of benzene rings is 7. The average Bonchev–Trinajstić information content (AvgIpc) is 3.47. The minimum Gasteiger partial charge on any atom is -0.208 e. The molecule has 0 saturated carbocycles. The number of nitrogens with zero attached hydrogens (tertiary/aromatic N) is 3. The maximum Gasteiger partial charge on any atom is 0.164 e. The van der Waals surface area contributed by atoms with Gasteiger partial charge < -0.3 is 0 Å². The van der Waals surface area contributed by atoms with Crippen molar-refractivity contribution >= 4 is 63.8 Å². The molecule has 200 valence electrons. The van der Waals surface area contributed by atoms with E-state index in [1.807, 2.05) is 29.5 Å². The fourth-order valence-electron chi connectivity index (χ4n) is 6.32. The van der Waals surface area contributed by atoms with Crippen LogP contribution in [0.15, 0.2) is 140 Å². The van der Waals surface area contributed by atoms with Crippen molar-refractivity contribution in [1.29, 1.82) is 0 Å². The smallest absolute Gasteiger partial charge is 0.164 e. The second kappa shape index (κ2) is 9.55. The molecule has 9 aromatic rings. The van der Waals surface area contributed by atoms with Crippen molar-refractivity contribution < 1.29 is 0 Å². The zero-order chi connectivity index (χ0) is 28.3. The summed E-state index contributed by atoms with van der Waals surface area (Å²) in [6.07, 6.45) is 0. The van der Waals surface area contributed by atoms with E-state index in [1.54, 1.807) is 0 Å². The molecule has 0 fully saturated rings. The lowest BCUT2D eigenvalue weighted by Gasteiger charge is -2.13. The van der Waals surface area contributed by atoms with Crippen LogP contribution in [0.4, 0.5) is 0 Å². The van der Waals surface area contributed by atoms with Gasteiger partial charge in [0.15, 0.2) is 17.5 Å². The number of hydrogen-bond donors (Lipinski definition) is 0. The first-order valence-corrected chi connectivity index (χ1v) is 15.2. The summed E-state index contributed by atoms with van der Waals surface area (Å²) < 4.78 is 2.54. The van der Waals surface area contributed by atoms with Crippen LogP contribution < -0.4 is 0 Å². The third-order valence-electron chi connectivity index (χ3n) is 8.31. The van der Waals surface area contributed by atoms with Crippen molar-refractivity contribution in [3.63, 3.8) is 0 Å². The van der Waals surface area contributed by atoms with E-state index in [1.165, 1.54) is 41.7 Å². The maximum atomic E-state index is 5.25. The van der Waals surface area contributed by atoms with Crippen LogP contribution in [0.25, 0.3) is 86.7 Å². The van der Waals surface area contributed by atoms with Gasteiger partial charge in [-0.25, -0.2) is 15.0 Å². The summed E-state index contributed by atoms with van der Waals surface area (Å²) in [4.78, 5) is 15.5. The van der Waals surface area contributed by atoms with E-state index in [-0.39, 0.29) is 0 Å². The highest BCUT2D eigenvalue weighted by molar-refractivity contribution is 7.26. The molecule has 0 aliphatic rings. The van der Waals surface area contributed by atoms with Crippen molar-refractivity contribution in [3.05, 3.63) is 140 Å². The molecule has 0 radical (unpaired) electrons. The molecule has 0 unspecified atom stereocenters. The minimum atomic E-state index is 0.665. The lowest BCUT2D eigenvalue weighted by molar-refractivity contribution is 1.08. The van der Waals surface area contributed by atoms with E-state index >= 15 is 0 Å². The lowest BCUT2D eigenvalue weighted by Crippen LogP contribution is -2.01. The Kier molecular flexibility index (Phi) is 5.37. The van der Waals surface area contributed by atoms with Crippen LogP contribution >= 0.6 is 11.3 Å². The van der Waals surface area contributed by atoms with Crippen molar-refractivity contribution in [2.24, 2.45) is 0 Å². The number of thiophene rings is 1. The summed E-state index contributed by atoms with van der Waals surface area (Å²) in [6, 6.07) is 49.0. The summed E-state index contributed by atoms with van der Waals surface area (Å²) in [5, 5.41) is 9.61. The first-order valence-electron chi connectivity index (χ1n) is 14.4. The van der Waals surface area contributed by atoms with Crippen LogP contribution in [-0.2, 0) is 0 Å². The molecule has 4 heteroatoms. The zero-order valence-electron chi connectivity index (χ0n) is 23.0. The molecule has 2 heterocycles. The van der Waals surface area contributed by atoms with Gasteiger partial charge in [0.2, 0.25) is 0 Å². The number of fused-ring (bicyclic) bond motifs is 8. The van der Waals surface area contributed by atoms with E-state index in [0.29, 0.717) is 17.5 Å². The molecule has 0 amide bonds. The molecule has 0 atom stereocenters. The average molecular weight is 566 g/mol. The summed E-state index contributed by atoms with van der Waals surface area (Å²) in [5.41, 5.74) is 2.98. The van der Waals surface area contributed by atoms with Crippen molar-refractivity contribution in [3.8, 4) is 34.2 Å². The van der Waals surface area contributed by atoms with Crippen LogP contribution in [0.5, 0.6) is 0 Å². The largest absolute Gasteiger partial charge is 0.208 e. The standard InChI is InChI=1S/C39H23N3S/c1-2-11-27(12-3-1)37-40-38(31-17-8-13-25-21-20-24-10-4-5-15-28(24)34(25)31)42-39(41-37)32-18-9-14-26-22-23-30-29-16-6-7-19-33(29)43-36(30)35(26)32/h1-23H. The van der Waals surface area contributed by atoms with Crippen molar-refractivity contribution in [2.75, 3.05) is 0 Å². The first kappa shape index (κ1) is 24.2. The molecule has 0 N–H and O–H groups in total. The summed E-state index contributed by atoms with van der Waals surface area (Å²) in [5.74, 6) is 2.02. The molecular weight excluding hydrogens is 543 g/mol. The van der Waals surface area contributed by atoms with E-state index < -0.39 is 0 Å². The van der Waals surface area contributed by atoms with E-state index in [4.69, 9.17) is 15.0 Å². The van der Waals surface area contributed by atoms with Gasteiger partial charge in [-0.1, -0.05) is 133 Å². The van der Waals surface area contributed by atoms with Gasteiger partial charge in [0.25, 0.3) is 0 Å². The third kappa shape index (κ3) is 3.84. The molecule has 0 saturated heterocycles. The van der Waals surface area contributed by atoms with Gasteiger partial charge in [-0.05, 0) is 27.6 Å². The molecule has 43 heavy (non-hydrogen) atoms. The molecular formula is C39H23N3S. The van der Waals surface area contributed by atoms with Crippen molar-refractivity contribution in [1.82, 2.24) is 15.0 Å². The normalized spacial score (nSPS) is 11.7. The van der Waals surface area contributed by atoms with Gasteiger partial charge in [0.1, 0.15) is 0 Å². The van der Waals surface area contributed by atoms with Gasteiger partial charge in [0.05, 0.1) is 0 Å². The molecule has 3 nitrogen and oxygen atoms in total. The van der Waals surface area contributed by atoms with Crippen LogP contribution in [0.2, 0.25) is 0 Å². The fourth-order valence-corrected chi connectivity index (χ4v) is 7.59. The Hall–Kier alpha value is -5.45. The Morgan fingerprint density at radius 2 is 0.953 bits per heavy atom. The predicted octanol–water partition coefficient (Wildman–Crippen LogP) is 10.7. The molecule has 7 aromatic carbocycles. The topological polar surface area (TPSA) is 38.7 Å². The highest BCUT2D eigenvalue weighted by atomic mass is 32.1. The monoisotopic (exact) mass is 565 g/mol. The Labute approximate surface area is 251 Å². The Morgan fingerprint density at radius 1 is 0.372 bits per heavy atom. The highest BCUT2D eigenvalue weighted by Gasteiger charge is 2.18. The van der Waals surface area contributed by atoms with E-state index in [0.717, 1.165) is 27.5 Å². The maximum absolute atomic E-state index is 5.25. The SMILES string of the molecule is c1ccc(-c2nc(-c3cccc4ccc5ccccc5c34)nc(-c3cccc4ccc5c6ccccc6sc5c34)n2)cc1. The Bertz CT molecular complexity index is 2510. The first-order chi connectivity index (χ1) is 21.3. The van der Waals surface area contributed by atoms with Gasteiger partial charge in [-0.3, -0.25) is 0 Å². The minimum absolute atomic E-state index is 0.665. The fraction of sp³-hybridized carbons (Fsp3) is 0. The lowest BCUT2D eigenvalue weighted by atomic mass is 9.97. The van der Waals surface area contributed by atoms with E-state index in [2.05, 4.69) is 121 Å². The zero-order valence-corrected chi connectivity index (χ0v) is 23.8. The molecule has 2 aromatic heterocycles. The Morgan fingerprint density at radius 3 is 1.77 bits per heavy atom. The van der Waals surface area contributed by atoms with Crippen LogP contribution in [-0.4, -0.2) is 15.0 Å². The number of hydrogen-bond acceptors (Lipinski definition) is 4. The van der Waals surface area contributed by atoms with Gasteiger partial charge in [-0.15, -0.1) is 11.3 Å². The third-order valence-corrected chi connectivity index (χ3v) is 9.51. The second-order valence-corrected chi connectivity index (χ2v) is 11.9. The predicted molar refractivity (Wildman–Crippen MR) is 182 cm³/mol. The van der Waals surface area contributed by atoms with Crippen LogP contribution in [0, 0.1) is 0 Å². The molecule has 0 bridgehead atoms. The molecule has 0 spiro atoms. The highest BCUT2D eigenvalue weighted by Crippen LogP contribution is 2.42. The molecule has 9 rings (SSSR count). The van der Waals surface area contributed by atoms with Crippen LogP contribution in [0.3, 0.4) is 0 Å². The van der Waals surface area contributed by atoms with Crippen LogP contribution in [0.1, 0.15) is 0 Å². The number of aromatic nitrogens is 3. The summed E-state index contributed by atoms with van der Waals surface area (Å²) >= 11 is 1.83. The van der Waals surface area contributed by atoms with E-state index in [9.17, 15) is 0 Å². The summed E-state index contributed by atoms with van der Waals surface area (Å²) in [7, 11) is 0. The van der Waals surface area contributed by atoms with Crippen molar-refractivity contribution in [2.45, 2.75) is 0 Å². The molecule has 0 aliphatic heterocycles. The van der Waals surface area contributed by atoms with Gasteiger partial charge >= 0.3 is 0 Å².